The van der Waals surface area contributed by atoms with E-state index in [1.807, 2.05) is 7.05 Å². The molecule has 0 aliphatic heterocycles. The van der Waals surface area contributed by atoms with Gasteiger partial charge in [-0.25, -0.2) is 0 Å². The van der Waals surface area contributed by atoms with Crippen molar-refractivity contribution >= 4 is 12.4 Å². The van der Waals surface area contributed by atoms with Gasteiger partial charge >= 0.3 is 0 Å². The van der Waals surface area contributed by atoms with Crippen molar-refractivity contribution in [1.29, 1.82) is 0 Å². The molecule has 1 saturated carbocycles. The first-order valence-electron chi connectivity index (χ1n) is 5.70. The van der Waals surface area contributed by atoms with Gasteiger partial charge in [0.2, 0.25) is 5.89 Å². The molecule has 92 valence electrons. The van der Waals surface area contributed by atoms with Crippen LogP contribution in [0.5, 0.6) is 0 Å². The maximum Gasteiger partial charge on any atom is 0.232 e. The topological polar surface area (TPSA) is 51.0 Å². The third-order valence-electron chi connectivity index (χ3n) is 3.43. The fourth-order valence-electron chi connectivity index (χ4n) is 1.80. The van der Waals surface area contributed by atoms with E-state index in [9.17, 15) is 0 Å². The minimum atomic E-state index is 0. The number of likely N-dealkylation sites (N-methyl/N-ethyl adjacent to an activating group) is 1. The SMILES string of the molecule is CCC1(c2nc(CC(C)NC)no2)CC1.Cl. The third kappa shape index (κ3) is 2.55. The molecule has 1 atom stereocenters. The zero-order valence-corrected chi connectivity index (χ0v) is 10.9. The maximum absolute atomic E-state index is 5.34. The van der Waals surface area contributed by atoms with Crippen LogP contribution in [-0.4, -0.2) is 23.2 Å². The first kappa shape index (κ1) is 13.5. The second kappa shape index (κ2) is 5.15. The molecule has 0 bridgehead atoms. The molecule has 2 rings (SSSR count). The molecule has 16 heavy (non-hydrogen) atoms. The lowest BCUT2D eigenvalue weighted by Gasteiger charge is -2.05. The fraction of sp³-hybridized carbons (Fsp3) is 0.818. The Balaban J connectivity index is 0.00000128. The standard InChI is InChI=1S/C11H19N3O.ClH/c1-4-11(5-6-11)10-13-9(14-15-10)7-8(2)12-3;/h8,12H,4-7H2,1-3H3;1H. The van der Waals surface area contributed by atoms with Gasteiger partial charge < -0.3 is 9.84 Å². The molecule has 1 fully saturated rings. The van der Waals surface area contributed by atoms with Crippen LogP contribution in [0.25, 0.3) is 0 Å². The molecule has 1 aliphatic carbocycles. The van der Waals surface area contributed by atoms with E-state index in [1.54, 1.807) is 0 Å². The van der Waals surface area contributed by atoms with Crippen LogP contribution in [0.2, 0.25) is 0 Å². The molecule has 1 N–H and O–H groups in total. The first-order chi connectivity index (χ1) is 7.20. The predicted molar refractivity (Wildman–Crippen MR) is 65.0 cm³/mol. The van der Waals surface area contributed by atoms with Gasteiger partial charge in [0.05, 0.1) is 0 Å². The summed E-state index contributed by atoms with van der Waals surface area (Å²) in [6.07, 6.45) is 4.34. The number of halogens is 1. The molecule has 0 aromatic carbocycles. The first-order valence-corrected chi connectivity index (χ1v) is 5.70. The summed E-state index contributed by atoms with van der Waals surface area (Å²) in [5.74, 6) is 1.68. The number of nitrogens with one attached hydrogen (secondary N) is 1. The highest BCUT2D eigenvalue weighted by Gasteiger charge is 2.47. The van der Waals surface area contributed by atoms with Crippen molar-refractivity contribution in [2.75, 3.05) is 7.05 Å². The summed E-state index contributed by atoms with van der Waals surface area (Å²) in [5, 5.41) is 7.20. The summed E-state index contributed by atoms with van der Waals surface area (Å²) in [4.78, 5) is 4.49. The lowest BCUT2D eigenvalue weighted by molar-refractivity contribution is 0.337. The summed E-state index contributed by atoms with van der Waals surface area (Å²) < 4.78 is 5.34. The van der Waals surface area contributed by atoms with E-state index < -0.39 is 0 Å². The van der Waals surface area contributed by atoms with Crippen LogP contribution in [0.3, 0.4) is 0 Å². The van der Waals surface area contributed by atoms with Crippen molar-refractivity contribution in [3.8, 4) is 0 Å². The van der Waals surface area contributed by atoms with Crippen molar-refractivity contribution in [2.24, 2.45) is 0 Å². The van der Waals surface area contributed by atoms with E-state index in [4.69, 9.17) is 4.52 Å². The van der Waals surface area contributed by atoms with E-state index in [0.29, 0.717) is 6.04 Å². The summed E-state index contributed by atoms with van der Waals surface area (Å²) >= 11 is 0. The van der Waals surface area contributed by atoms with E-state index in [0.717, 1.165) is 24.6 Å². The van der Waals surface area contributed by atoms with Gasteiger partial charge in [-0.2, -0.15) is 4.98 Å². The summed E-state index contributed by atoms with van der Waals surface area (Å²) in [7, 11) is 1.94. The molecule has 0 amide bonds. The molecule has 0 saturated heterocycles. The summed E-state index contributed by atoms with van der Waals surface area (Å²) in [5.41, 5.74) is 0.230. The zero-order valence-electron chi connectivity index (χ0n) is 10.1. The Morgan fingerprint density at radius 2 is 2.19 bits per heavy atom. The highest BCUT2D eigenvalue weighted by Crippen LogP contribution is 2.49. The van der Waals surface area contributed by atoms with Crippen molar-refractivity contribution in [1.82, 2.24) is 15.5 Å². The molecule has 0 spiro atoms. The van der Waals surface area contributed by atoms with Gasteiger partial charge in [0.15, 0.2) is 5.82 Å². The molecule has 1 aromatic heterocycles. The van der Waals surface area contributed by atoms with Gasteiger partial charge in [-0.15, -0.1) is 12.4 Å². The van der Waals surface area contributed by atoms with Crippen LogP contribution < -0.4 is 5.32 Å². The highest BCUT2D eigenvalue weighted by atomic mass is 35.5. The molecule has 0 radical (unpaired) electrons. The average molecular weight is 246 g/mol. The highest BCUT2D eigenvalue weighted by molar-refractivity contribution is 5.85. The Morgan fingerprint density at radius 1 is 1.50 bits per heavy atom. The van der Waals surface area contributed by atoms with Crippen LogP contribution >= 0.6 is 12.4 Å². The molecular formula is C11H20ClN3O. The van der Waals surface area contributed by atoms with Crippen LogP contribution in [-0.2, 0) is 11.8 Å². The summed E-state index contributed by atoms with van der Waals surface area (Å²) in [6.45, 7) is 4.30. The largest absolute Gasteiger partial charge is 0.339 e. The monoisotopic (exact) mass is 245 g/mol. The molecular weight excluding hydrogens is 226 g/mol. The van der Waals surface area contributed by atoms with Gasteiger partial charge in [-0.05, 0) is 33.2 Å². The minimum Gasteiger partial charge on any atom is -0.339 e. The lowest BCUT2D eigenvalue weighted by Crippen LogP contribution is -2.24. The van der Waals surface area contributed by atoms with E-state index in [1.165, 1.54) is 12.8 Å². The number of nitrogens with zero attached hydrogens (tertiary/aromatic N) is 2. The zero-order chi connectivity index (χ0) is 10.9. The number of hydrogen-bond acceptors (Lipinski definition) is 4. The molecule has 1 aromatic rings. The van der Waals surface area contributed by atoms with Gasteiger partial charge in [-0.3, -0.25) is 0 Å². The molecule has 4 nitrogen and oxygen atoms in total. The Kier molecular flexibility index (Phi) is 4.33. The van der Waals surface area contributed by atoms with Crippen LogP contribution in [0.15, 0.2) is 4.52 Å². The molecule has 1 unspecified atom stereocenters. The van der Waals surface area contributed by atoms with Gasteiger partial charge in [0, 0.05) is 17.9 Å². The second-order valence-electron chi connectivity index (χ2n) is 4.54. The normalized spacial score (nSPS) is 18.9. The number of rotatable bonds is 5. The minimum absolute atomic E-state index is 0. The number of aromatic nitrogens is 2. The number of hydrogen-bond donors (Lipinski definition) is 1. The quantitative estimate of drug-likeness (QED) is 0.863. The Bertz CT molecular complexity index is 336. The van der Waals surface area contributed by atoms with Gasteiger partial charge in [0.25, 0.3) is 0 Å². The van der Waals surface area contributed by atoms with Crippen molar-refractivity contribution in [3.05, 3.63) is 11.7 Å². The van der Waals surface area contributed by atoms with Crippen molar-refractivity contribution in [3.63, 3.8) is 0 Å². The third-order valence-corrected chi connectivity index (χ3v) is 3.43. The fourth-order valence-corrected chi connectivity index (χ4v) is 1.80. The van der Waals surface area contributed by atoms with E-state index in [-0.39, 0.29) is 17.8 Å². The Labute approximate surface area is 103 Å². The van der Waals surface area contributed by atoms with Gasteiger partial charge in [-0.1, -0.05) is 12.1 Å². The molecule has 5 heteroatoms. The van der Waals surface area contributed by atoms with Crippen molar-refractivity contribution in [2.45, 2.75) is 51.0 Å². The molecule has 1 heterocycles. The van der Waals surface area contributed by atoms with Gasteiger partial charge in [0.1, 0.15) is 0 Å². The second-order valence-corrected chi connectivity index (χ2v) is 4.54. The van der Waals surface area contributed by atoms with Crippen LogP contribution in [0.4, 0.5) is 0 Å². The van der Waals surface area contributed by atoms with Crippen LogP contribution in [0.1, 0.15) is 44.8 Å². The van der Waals surface area contributed by atoms with Crippen molar-refractivity contribution < 1.29 is 4.52 Å². The lowest BCUT2D eigenvalue weighted by atomic mass is 10.0. The summed E-state index contributed by atoms with van der Waals surface area (Å²) in [6, 6.07) is 0.396. The average Bonchev–Trinajstić information content (AvgIpc) is 2.93. The Morgan fingerprint density at radius 3 is 2.69 bits per heavy atom. The van der Waals surface area contributed by atoms with E-state index >= 15 is 0 Å². The maximum atomic E-state index is 5.34. The van der Waals surface area contributed by atoms with Crippen LogP contribution in [0, 0.1) is 0 Å². The van der Waals surface area contributed by atoms with E-state index in [2.05, 4.69) is 29.3 Å². The predicted octanol–water partition coefficient (Wildman–Crippen LogP) is 2.08. The Hall–Kier alpha value is -0.610. The smallest absolute Gasteiger partial charge is 0.232 e. The molecule has 1 aliphatic rings.